The van der Waals surface area contributed by atoms with Crippen LogP contribution in [0.5, 0.6) is 0 Å². The largest absolute Gasteiger partial charge is 0.390 e. The second-order valence-corrected chi connectivity index (χ2v) is 9.50. The number of fused-ring (bicyclic) bond motifs is 10. The van der Waals surface area contributed by atoms with Crippen LogP contribution in [-0.4, -0.2) is 55.0 Å². The summed E-state index contributed by atoms with van der Waals surface area (Å²) in [4.78, 5) is 29.5. The molecule has 7 rings (SSSR count). The molecule has 0 saturated heterocycles. The maximum Gasteiger partial charge on any atom is 0.259 e. The Hall–Kier alpha value is -3.43. The number of halogens is 1. The molecule has 170 valence electrons. The minimum Gasteiger partial charge on any atom is -0.390 e. The molecule has 1 aliphatic heterocycles. The number of hydrogen-bond acceptors (Lipinski definition) is 5. The Labute approximate surface area is 196 Å². The number of carbonyl (C=O) groups excluding carboxylic acids is 2. The fraction of sp³-hybridized carbons (Fsp3) is 0.200. The molecule has 5 N–H and O–H groups in total. The molecule has 0 radical (unpaired) electrons. The summed E-state index contributed by atoms with van der Waals surface area (Å²) in [5.74, 6) is -0.948. The van der Waals surface area contributed by atoms with Gasteiger partial charge in [0.05, 0.1) is 39.8 Å². The molecule has 9 heteroatoms. The van der Waals surface area contributed by atoms with Crippen molar-refractivity contribution in [1.29, 1.82) is 0 Å². The maximum absolute atomic E-state index is 13.1. The van der Waals surface area contributed by atoms with Gasteiger partial charge in [-0.3, -0.25) is 14.9 Å². The summed E-state index contributed by atoms with van der Waals surface area (Å²) in [6.45, 7) is 0. The van der Waals surface area contributed by atoms with Crippen LogP contribution in [0.25, 0.3) is 43.6 Å². The Morgan fingerprint density at radius 3 is 2.38 bits per heavy atom. The quantitative estimate of drug-likeness (QED) is 0.238. The van der Waals surface area contributed by atoms with Crippen molar-refractivity contribution in [2.45, 2.75) is 30.8 Å². The van der Waals surface area contributed by atoms with Crippen LogP contribution in [0.3, 0.4) is 0 Å². The van der Waals surface area contributed by atoms with Gasteiger partial charge in [0.15, 0.2) is 0 Å². The van der Waals surface area contributed by atoms with Gasteiger partial charge in [0.25, 0.3) is 11.8 Å². The zero-order valence-corrected chi connectivity index (χ0v) is 18.3. The molecule has 2 aliphatic rings. The number of H-pyrrole nitrogens is 1. The summed E-state index contributed by atoms with van der Waals surface area (Å²) < 4.78 is 1.84. The smallest absolute Gasteiger partial charge is 0.259 e. The number of nitrogens with zero attached hydrogens (tertiary/aromatic N) is 1. The predicted molar refractivity (Wildman–Crippen MR) is 127 cm³/mol. The lowest BCUT2D eigenvalue weighted by molar-refractivity contribution is -0.0241. The first kappa shape index (κ1) is 20.0. The van der Waals surface area contributed by atoms with Crippen LogP contribution in [0.2, 0.25) is 5.02 Å². The molecule has 34 heavy (non-hydrogen) atoms. The first-order chi connectivity index (χ1) is 16.4. The zero-order chi connectivity index (χ0) is 23.5. The molecular weight excluding hydrogens is 458 g/mol. The number of aromatic nitrogens is 2. The molecule has 1 aliphatic carbocycles. The zero-order valence-electron chi connectivity index (χ0n) is 17.5. The van der Waals surface area contributed by atoms with Crippen LogP contribution in [-0.2, 0) is 0 Å². The van der Waals surface area contributed by atoms with E-state index >= 15 is 0 Å². The second-order valence-electron chi connectivity index (χ2n) is 9.06. The molecule has 2 amide bonds. The number of imide groups is 1. The van der Waals surface area contributed by atoms with E-state index < -0.39 is 36.2 Å². The van der Waals surface area contributed by atoms with E-state index in [9.17, 15) is 24.9 Å². The van der Waals surface area contributed by atoms with E-state index in [2.05, 4.69) is 10.3 Å². The topological polar surface area (TPSA) is 128 Å². The van der Waals surface area contributed by atoms with E-state index in [0.717, 1.165) is 10.9 Å². The van der Waals surface area contributed by atoms with E-state index in [0.29, 0.717) is 43.3 Å². The van der Waals surface area contributed by atoms with Gasteiger partial charge in [-0.25, -0.2) is 0 Å². The van der Waals surface area contributed by atoms with Gasteiger partial charge in [0, 0.05) is 32.1 Å². The van der Waals surface area contributed by atoms with Crippen LogP contribution < -0.4 is 5.32 Å². The van der Waals surface area contributed by atoms with Crippen molar-refractivity contribution in [1.82, 2.24) is 14.9 Å². The van der Waals surface area contributed by atoms with Gasteiger partial charge >= 0.3 is 0 Å². The highest BCUT2D eigenvalue weighted by molar-refractivity contribution is 6.39. The molecule has 3 heterocycles. The Morgan fingerprint density at radius 2 is 1.65 bits per heavy atom. The van der Waals surface area contributed by atoms with Crippen molar-refractivity contribution in [3.05, 3.63) is 58.6 Å². The second kappa shape index (κ2) is 6.58. The summed E-state index contributed by atoms with van der Waals surface area (Å²) in [6, 6.07) is 12.1. The normalized spacial score (nSPS) is 24.7. The highest BCUT2D eigenvalue weighted by Gasteiger charge is 2.44. The lowest BCUT2D eigenvalue weighted by atomic mass is 9.96. The Kier molecular flexibility index (Phi) is 3.87. The third-order valence-electron chi connectivity index (χ3n) is 7.29. The van der Waals surface area contributed by atoms with Gasteiger partial charge in [-0.1, -0.05) is 35.9 Å². The Balaban J connectivity index is 1.78. The lowest BCUT2D eigenvalue weighted by Crippen LogP contribution is -2.31. The minimum atomic E-state index is -1.31. The summed E-state index contributed by atoms with van der Waals surface area (Å²) >= 11 is 6.35. The first-order valence-electron chi connectivity index (χ1n) is 11.0. The number of rotatable bonds is 1. The van der Waals surface area contributed by atoms with Gasteiger partial charge in [-0.05, 0) is 24.6 Å². The number of hydrogen-bond donors (Lipinski definition) is 5. The van der Waals surface area contributed by atoms with Crippen molar-refractivity contribution < 1.29 is 24.9 Å². The highest BCUT2D eigenvalue weighted by Crippen LogP contribution is 2.47. The standard InChI is InChI=1S/C25H18ClN3O5/c26-9-5-6-11-13(7-9)29(14-8-15(30)23(32)22(14)31)21-17(11)19-18(24(33)28-25(19)34)16-10-3-1-2-4-12(10)27-20(16)21/h1-7,14-15,22-23,27,30-32H,8H2,(H,28,33,34)/t14?,15-,22-,23+/m0/s1. The number of benzene rings is 3. The third-order valence-corrected chi connectivity index (χ3v) is 7.53. The fourth-order valence-electron chi connectivity index (χ4n) is 5.88. The summed E-state index contributed by atoms with van der Waals surface area (Å²) in [5, 5.41) is 37.1. The van der Waals surface area contributed by atoms with Gasteiger partial charge < -0.3 is 24.9 Å². The van der Waals surface area contributed by atoms with Crippen LogP contribution in [0, 0.1) is 0 Å². The van der Waals surface area contributed by atoms with Crippen molar-refractivity contribution in [2.75, 3.05) is 0 Å². The minimum absolute atomic E-state index is 0.109. The van der Waals surface area contributed by atoms with Crippen molar-refractivity contribution >= 4 is 67.0 Å². The van der Waals surface area contributed by atoms with Crippen LogP contribution in [0.15, 0.2) is 42.5 Å². The predicted octanol–water partition coefficient (Wildman–Crippen LogP) is 2.99. The van der Waals surface area contributed by atoms with Crippen LogP contribution >= 0.6 is 11.6 Å². The van der Waals surface area contributed by atoms with Crippen LogP contribution in [0.4, 0.5) is 0 Å². The molecule has 1 unspecified atom stereocenters. The maximum atomic E-state index is 13.1. The van der Waals surface area contributed by atoms with E-state index in [1.165, 1.54) is 0 Å². The van der Waals surface area contributed by atoms with Gasteiger partial charge in [0.1, 0.15) is 12.2 Å². The molecule has 5 aromatic rings. The first-order valence-corrected chi connectivity index (χ1v) is 11.3. The molecule has 0 bridgehead atoms. The number of aromatic amines is 1. The van der Waals surface area contributed by atoms with E-state index in [1.807, 2.05) is 28.8 Å². The average molecular weight is 476 g/mol. The monoisotopic (exact) mass is 475 g/mol. The SMILES string of the molecule is O=C1NC(=O)c2c1c1c3ccccc3[nH]c1c1c2c2ccc(Cl)cc2n1C1C[C@H](O)[C@@H](O)[C@H]1O. The van der Waals surface area contributed by atoms with Crippen molar-refractivity contribution in [2.24, 2.45) is 0 Å². The van der Waals surface area contributed by atoms with E-state index in [1.54, 1.807) is 18.2 Å². The molecule has 1 fully saturated rings. The lowest BCUT2D eigenvalue weighted by Gasteiger charge is -2.21. The summed E-state index contributed by atoms with van der Waals surface area (Å²) in [5.41, 5.74) is 3.25. The highest BCUT2D eigenvalue weighted by atomic mass is 35.5. The number of aliphatic hydroxyl groups excluding tert-OH is 3. The molecule has 8 nitrogen and oxygen atoms in total. The van der Waals surface area contributed by atoms with Crippen molar-refractivity contribution in [3.63, 3.8) is 0 Å². The van der Waals surface area contributed by atoms with Gasteiger partial charge in [-0.15, -0.1) is 0 Å². The molecule has 0 spiro atoms. The van der Waals surface area contributed by atoms with E-state index in [4.69, 9.17) is 11.6 Å². The Bertz CT molecular complexity index is 1740. The third kappa shape index (κ3) is 2.33. The van der Waals surface area contributed by atoms with E-state index in [-0.39, 0.29) is 12.0 Å². The fourth-order valence-corrected chi connectivity index (χ4v) is 6.04. The number of amides is 2. The molecule has 2 aromatic heterocycles. The summed E-state index contributed by atoms with van der Waals surface area (Å²) in [7, 11) is 0. The number of aliphatic hydroxyl groups is 3. The molecule has 4 atom stereocenters. The molecule has 1 saturated carbocycles. The number of carbonyl (C=O) groups is 2. The number of nitrogens with one attached hydrogen (secondary N) is 2. The number of para-hydroxylation sites is 1. The van der Waals surface area contributed by atoms with Gasteiger partial charge in [-0.2, -0.15) is 0 Å². The average Bonchev–Trinajstić information content (AvgIpc) is 3.50. The van der Waals surface area contributed by atoms with Gasteiger partial charge in [0.2, 0.25) is 0 Å². The van der Waals surface area contributed by atoms with Crippen LogP contribution in [0.1, 0.15) is 33.2 Å². The molecule has 3 aromatic carbocycles. The van der Waals surface area contributed by atoms with Crippen molar-refractivity contribution in [3.8, 4) is 0 Å². The molecular formula is C25H18ClN3O5. The Morgan fingerprint density at radius 1 is 0.912 bits per heavy atom. The summed E-state index contributed by atoms with van der Waals surface area (Å²) in [6.07, 6.45) is -3.55.